The highest BCUT2D eigenvalue weighted by Gasteiger charge is 2.42. The summed E-state index contributed by atoms with van der Waals surface area (Å²) in [6.07, 6.45) is 3.74. The van der Waals surface area contributed by atoms with Gasteiger partial charge in [-0.25, -0.2) is 4.98 Å². The number of aliphatic hydroxyl groups excluding tert-OH is 1. The van der Waals surface area contributed by atoms with E-state index in [0.717, 1.165) is 31.7 Å². The monoisotopic (exact) mass is 291 g/mol. The lowest BCUT2D eigenvalue weighted by atomic mass is 9.96. The average Bonchev–Trinajstić information content (AvgIpc) is 3.34. The smallest absolute Gasteiger partial charge is 0.253 e. The number of rotatable bonds is 7. The Morgan fingerprint density at radius 2 is 2.10 bits per heavy atom. The fraction of sp³-hybridized carbons (Fsp3) is 0.625. The largest absolute Gasteiger partial charge is 0.394 e. The van der Waals surface area contributed by atoms with E-state index in [9.17, 15) is 9.90 Å². The summed E-state index contributed by atoms with van der Waals surface area (Å²) in [5.74, 6) is 1.09. The standard InChI is InChI=1S/C16H25N3O2/c1-4-19(5-2)14-9-6-12(10-17-14)15(21)18-16(3,11-20)13-7-8-13/h6,9-10,13,20H,4-5,7-8,11H2,1-3H3,(H,18,21). The molecule has 0 saturated heterocycles. The molecule has 1 fully saturated rings. The number of carbonyl (C=O) groups excluding carboxylic acids is 1. The number of amides is 1. The van der Waals surface area contributed by atoms with Crippen LogP contribution in [0, 0.1) is 5.92 Å². The summed E-state index contributed by atoms with van der Waals surface area (Å²) in [5.41, 5.74) is 0.0143. The molecule has 1 saturated carbocycles. The molecule has 0 aromatic carbocycles. The summed E-state index contributed by atoms with van der Waals surface area (Å²) in [6, 6.07) is 3.66. The van der Waals surface area contributed by atoms with Crippen molar-refractivity contribution in [3.8, 4) is 0 Å². The van der Waals surface area contributed by atoms with Crippen LogP contribution < -0.4 is 10.2 Å². The molecule has 21 heavy (non-hydrogen) atoms. The predicted molar refractivity (Wildman–Crippen MR) is 83.5 cm³/mol. The molecule has 1 aliphatic carbocycles. The first-order valence-corrected chi connectivity index (χ1v) is 7.68. The minimum absolute atomic E-state index is 0.0334. The zero-order valence-electron chi connectivity index (χ0n) is 13.1. The Bertz CT molecular complexity index is 481. The average molecular weight is 291 g/mol. The molecule has 116 valence electrons. The fourth-order valence-electron chi connectivity index (χ4n) is 2.58. The molecule has 1 amide bonds. The second-order valence-electron chi connectivity index (χ2n) is 5.88. The minimum Gasteiger partial charge on any atom is -0.394 e. The predicted octanol–water partition coefficient (Wildman–Crippen LogP) is 1.82. The van der Waals surface area contributed by atoms with E-state index in [4.69, 9.17) is 0 Å². The van der Waals surface area contributed by atoms with Crippen LogP contribution in [-0.4, -0.2) is 41.2 Å². The van der Waals surface area contributed by atoms with Gasteiger partial charge in [0.05, 0.1) is 17.7 Å². The Hall–Kier alpha value is -1.62. The number of nitrogens with one attached hydrogen (secondary N) is 1. The number of pyridine rings is 1. The molecule has 1 aromatic rings. The number of hydrogen-bond donors (Lipinski definition) is 2. The molecule has 0 spiro atoms. The van der Waals surface area contributed by atoms with Gasteiger partial charge in [-0.3, -0.25) is 4.79 Å². The van der Waals surface area contributed by atoms with Crippen molar-refractivity contribution in [1.82, 2.24) is 10.3 Å². The zero-order chi connectivity index (χ0) is 15.5. The second-order valence-corrected chi connectivity index (χ2v) is 5.88. The molecule has 1 atom stereocenters. The van der Waals surface area contributed by atoms with Gasteiger partial charge in [-0.15, -0.1) is 0 Å². The van der Waals surface area contributed by atoms with Crippen molar-refractivity contribution < 1.29 is 9.90 Å². The van der Waals surface area contributed by atoms with Crippen LogP contribution in [0.4, 0.5) is 5.82 Å². The van der Waals surface area contributed by atoms with Gasteiger partial charge >= 0.3 is 0 Å². The number of aliphatic hydroxyl groups is 1. The molecule has 0 bridgehead atoms. The van der Waals surface area contributed by atoms with E-state index >= 15 is 0 Å². The van der Waals surface area contributed by atoms with Gasteiger partial charge in [0, 0.05) is 19.3 Å². The summed E-state index contributed by atoms with van der Waals surface area (Å²) in [7, 11) is 0. The third-order valence-electron chi connectivity index (χ3n) is 4.30. The molecular weight excluding hydrogens is 266 g/mol. The first kappa shape index (κ1) is 15.8. The van der Waals surface area contributed by atoms with Crippen molar-refractivity contribution >= 4 is 11.7 Å². The van der Waals surface area contributed by atoms with Crippen LogP contribution in [-0.2, 0) is 0 Å². The number of aromatic nitrogens is 1. The Morgan fingerprint density at radius 3 is 2.52 bits per heavy atom. The van der Waals surface area contributed by atoms with Crippen molar-refractivity contribution in [2.24, 2.45) is 5.92 Å². The Morgan fingerprint density at radius 1 is 1.43 bits per heavy atom. The number of hydrogen-bond acceptors (Lipinski definition) is 4. The molecule has 1 heterocycles. The van der Waals surface area contributed by atoms with Crippen LogP contribution in [0.1, 0.15) is 44.0 Å². The molecule has 5 heteroatoms. The summed E-state index contributed by atoms with van der Waals surface area (Å²) < 4.78 is 0. The SMILES string of the molecule is CCN(CC)c1ccc(C(=O)NC(C)(CO)C2CC2)cn1. The Balaban J connectivity index is 2.06. The van der Waals surface area contributed by atoms with Gasteiger partial charge in [0.1, 0.15) is 5.82 Å². The van der Waals surface area contributed by atoms with E-state index in [1.54, 1.807) is 12.3 Å². The number of nitrogens with zero attached hydrogens (tertiary/aromatic N) is 2. The lowest BCUT2D eigenvalue weighted by Crippen LogP contribution is -2.50. The van der Waals surface area contributed by atoms with Gasteiger partial charge in [-0.1, -0.05) is 0 Å². The van der Waals surface area contributed by atoms with E-state index < -0.39 is 5.54 Å². The highest BCUT2D eigenvalue weighted by atomic mass is 16.3. The molecule has 0 radical (unpaired) electrons. The first-order chi connectivity index (χ1) is 10.0. The molecule has 1 unspecified atom stereocenters. The van der Waals surface area contributed by atoms with Crippen molar-refractivity contribution in [3.05, 3.63) is 23.9 Å². The Kier molecular flexibility index (Phi) is 4.83. The molecule has 1 aromatic heterocycles. The van der Waals surface area contributed by atoms with Gasteiger partial charge in [0.2, 0.25) is 0 Å². The van der Waals surface area contributed by atoms with E-state index in [2.05, 4.69) is 29.0 Å². The first-order valence-electron chi connectivity index (χ1n) is 7.68. The third-order valence-corrected chi connectivity index (χ3v) is 4.30. The van der Waals surface area contributed by atoms with Gasteiger partial charge in [-0.05, 0) is 51.7 Å². The van der Waals surface area contributed by atoms with Crippen molar-refractivity contribution in [3.63, 3.8) is 0 Å². The van der Waals surface area contributed by atoms with E-state index in [0.29, 0.717) is 11.5 Å². The molecule has 2 N–H and O–H groups in total. The highest BCUT2D eigenvalue weighted by Crippen LogP contribution is 2.39. The maximum atomic E-state index is 12.3. The van der Waals surface area contributed by atoms with E-state index in [1.807, 2.05) is 13.0 Å². The molecule has 2 rings (SSSR count). The van der Waals surface area contributed by atoms with E-state index in [1.165, 1.54) is 0 Å². The van der Waals surface area contributed by atoms with Crippen LogP contribution in [0.3, 0.4) is 0 Å². The third kappa shape index (κ3) is 3.53. The summed E-state index contributed by atoms with van der Waals surface area (Å²) in [6.45, 7) is 7.80. The van der Waals surface area contributed by atoms with Crippen LogP contribution >= 0.6 is 0 Å². The van der Waals surface area contributed by atoms with Gasteiger partial charge < -0.3 is 15.3 Å². The summed E-state index contributed by atoms with van der Waals surface area (Å²) in [5, 5.41) is 12.5. The van der Waals surface area contributed by atoms with Gasteiger partial charge in [-0.2, -0.15) is 0 Å². The maximum Gasteiger partial charge on any atom is 0.253 e. The van der Waals surface area contributed by atoms with Crippen LogP contribution in [0.15, 0.2) is 18.3 Å². The normalized spacial score (nSPS) is 17.1. The van der Waals surface area contributed by atoms with Crippen molar-refractivity contribution in [1.29, 1.82) is 0 Å². The quantitative estimate of drug-likeness (QED) is 0.804. The lowest BCUT2D eigenvalue weighted by molar-refractivity contribution is 0.0824. The zero-order valence-corrected chi connectivity index (χ0v) is 13.1. The maximum absolute atomic E-state index is 12.3. The van der Waals surface area contributed by atoms with E-state index in [-0.39, 0.29) is 12.5 Å². The molecule has 0 aliphatic heterocycles. The number of anilines is 1. The fourth-order valence-corrected chi connectivity index (χ4v) is 2.58. The molecular formula is C16H25N3O2. The van der Waals surface area contributed by atoms with Crippen LogP contribution in [0.2, 0.25) is 0 Å². The highest BCUT2D eigenvalue weighted by molar-refractivity contribution is 5.94. The van der Waals surface area contributed by atoms with Crippen LogP contribution in [0.25, 0.3) is 0 Å². The lowest BCUT2D eigenvalue weighted by Gasteiger charge is -2.28. The van der Waals surface area contributed by atoms with Crippen LogP contribution in [0.5, 0.6) is 0 Å². The van der Waals surface area contributed by atoms with Gasteiger partial charge in [0.15, 0.2) is 0 Å². The summed E-state index contributed by atoms with van der Waals surface area (Å²) in [4.78, 5) is 18.8. The van der Waals surface area contributed by atoms with Crippen molar-refractivity contribution in [2.45, 2.75) is 39.2 Å². The second kappa shape index (κ2) is 6.43. The van der Waals surface area contributed by atoms with Gasteiger partial charge in [0.25, 0.3) is 5.91 Å². The Labute approximate surface area is 126 Å². The summed E-state index contributed by atoms with van der Waals surface area (Å²) >= 11 is 0. The molecule has 5 nitrogen and oxygen atoms in total. The minimum atomic E-state index is -0.519. The number of carbonyl (C=O) groups is 1. The molecule has 1 aliphatic rings. The topological polar surface area (TPSA) is 65.5 Å². The van der Waals surface area contributed by atoms with Crippen molar-refractivity contribution in [2.75, 3.05) is 24.6 Å².